The van der Waals surface area contributed by atoms with Crippen LogP contribution in [0.3, 0.4) is 0 Å². The zero-order valence-electron chi connectivity index (χ0n) is 10.5. The molecule has 2 aromatic carbocycles. The van der Waals surface area contributed by atoms with Gasteiger partial charge in [0.25, 0.3) is 0 Å². The quantitative estimate of drug-likeness (QED) is 0.874. The van der Waals surface area contributed by atoms with E-state index in [-0.39, 0.29) is 5.82 Å². The molecule has 1 aliphatic carbocycles. The van der Waals surface area contributed by atoms with E-state index in [1.54, 1.807) is 6.07 Å². The van der Waals surface area contributed by atoms with Crippen LogP contribution in [0.2, 0.25) is 0 Å². The first-order chi connectivity index (χ1) is 9.22. The fourth-order valence-corrected chi connectivity index (χ4v) is 2.59. The zero-order valence-corrected chi connectivity index (χ0v) is 12.1. The summed E-state index contributed by atoms with van der Waals surface area (Å²) in [6.07, 6.45) is 2.48. The molecule has 0 radical (unpaired) electrons. The normalized spacial score (nSPS) is 14.6. The van der Waals surface area contributed by atoms with Crippen molar-refractivity contribution in [2.24, 2.45) is 0 Å². The third kappa shape index (κ3) is 3.23. The lowest BCUT2D eigenvalue weighted by molar-refractivity contribution is 0.620. The number of hydrogen-bond donors (Lipinski definition) is 1. The number of rotatable bonds is 4. The number of halogens is 2. The number of hydrogen-bond acceptors (Lipinski definition) is 1. The summed E-state index contributed by atoms with van der Waals surface area (Å²) in [7, 11) is 0. The molecule has 2 aromatic rings. The highest BCUT2D eigenvalue weighted by Gasteiger charge is 2.20. The van der Waals surface area contributed by atoms with E-state index < -0.39 is 0 Å². The van der Waals surface area contributed by atoms with Crippen molar-refractivity contribution >= 4 is 15.9 Å². The van der Waals surface area contributed by atoms with Gasteiger partial charge in [-0.05, 0) is 53.8 Å². The van der Waals surface area contributed by atoms with Gasteiger partial charge in [0, 0.05) is 17.1 Å². The largest absolute Gasteiger partial charge is 0.310 e. The highest BCUT2D eigenvalue weighted by molar-refractivity contribution is 9.10. The summed E-state index contributed by atoms with van der Waals surface area (Å²) < 4.78 is 14.5. The summed E-state index contributed by atoms with van der Waals surface area (Å²) in [6.45, 7) is 0.726. The van der Waals surface area contributed by atoms with Crippen LogP contribution >= 0.6 is 15.9 Å². The molecule has 19 heavy (non-hydrogen) atoms. The Labute approximate surface area is 121 Å². The van der Waals surface area contributed by atoms with Gasteiger partial charge >= 0.3 is 0 Å². The van der Waals surface area contributed by atoms with Gasteiger partial charge < -0.3 is 5.32 Å². The van der Waals surface area contributed by atoms with Crippen LogP contribution in [-0.4, -0.2) is 6.04 Å². The first-order valence-electron chi connectivity index (χ1n) is 6.50. The van der Waals surface area contributed by atoms with Crippen LogP contribution in [0, 0.1) is 5.82 Å². The van der Waals surface area contributed by atoms with Crippen molar-refractivity contribution in [1.29, 1.82) is 0 Å². The van der Waals surface area contributed by atoms with Gasteiger partial charge in [-0.15, -0.1) is 0 Å². The topological polar surface area (TPSA) is 12.0 Å². The van der Waals surface area contributed by atoms with Crippen molar-refractivity contribution < 1.29 is 4.39 Å². The molecule has 0 amide bonds. The second-order valence-electron chi connectivity index (χ2n) is 4.97. The molecule has 1 fully saturated rings. The Morgan fingerprint density at radius 1 is 1.16 bits per heavy atom. The van der Waals surface area contributed by atoms with Crippen LogP contribution < -0.4 is 5.32 Å². The van der Waals surface area contributed by atoms with Crippen molar-refractivity contribution in [3.63, 3.8) is 0 Å². The first-order valence-corrected chi connectivity index (χ1v) is 7.29. The molecule has 1 aliphatic rings. The predicted octanol–water partition coefficient (Wildman–Crippen LogP) is 4.51. The summed E-state index contributed by atoms with van der Waals surface area (Å²) >= 11 is 3.48. The molecule has 0 spiro atoms. The zero-order chi connectivity index (χ0) is 13.2. The van der Waals surface area contributed by atoms with Crippen LogP contribution in [0.15, 0.2) is 46.9 Å². The highest BCUT2D eigenvalue weighted by Crippen LogP contribution is 2.28. The molecule has 0 heterocycles. The molecule has 0 saturated heterocycles. The maximum atomic E-state index is 13.4. The van der Waals surface area contributed by atoms with Crippen molar-refractivity contribution in [2.75, 3.05) is 0 Å². The van der Waals surface area contributed by atoms with Crippen LogP contribution in [0.1, 0.15) is 18.4 Å². The van der Waals surface area contributed by atoms with E-state index in [1.807, 2.05) is 18.2 Å². The molecule has 3 heteroatoms. The van der Waals surface area contributed by atoms with E-state index in [0.29, 0.717) is 6.04 Å². The molecule has 0 aliphatic heterocycles. The number of nitrogens with one attached hydrogen (secondary N) is 1. The summed E-state index contributed by atoms with van der Waals surface area (Å²) in [5.74, 6) is -0.175. The Balaban J connectivity index is 1.94. The predicted molar refractivity (Wildman–Crippen MR) is 79.4 cm³/mol. The van der Waals surface area contributed by atoms with Gasteiger partial charge in [-0.1, -0.05) is 34.1 Å². The van der Waals surface area contributed by atoms with E-state index >= 15 is 0 Å². The smallest absolute Gasteiger partial charge is 0.123 e. The Hall–Kier alpha value is -1.19. The van der Waals surface area contributed by atoms with Gasteiger partial charge in [0.2, 0.25) is 0 Å². The van der Waals surface area contributed by atoms with Crippen LogP contribution in [0.5, 0.6) is 0 Å². The Morgan fingerprint density at radius 3 is 2.74 bits per heavy atom. The SMILES string of the molecule is Fc1ccc(-c2cccc(Br)c2)c(CNC2CC2)c1. The van der Waals surface area contributed by atoms with Gasteiger partial charge in [0.05, 0.1) is 0 Å². The average Bonchev–Trinajstić information content (AvgIpc) is 3.20. The van der Waals surface area contributed by atoms with Crippen molar-refractivity contribution in [1.82, 2.24) is 5.32 Å². The number of benzene rings is 2. The van der Waals surface area contributed by atoms with Gasteiger partial charge in [0.1, 0.15) is 5.82 Å². The summed E-state index contributed by atoms with van der Waals surface area (Å²) in [5.41, 5.74) is 3.22. The Morgan fingerprint density at radius 2 is 2.00 bits per heavy atom. The van der Waals surface area contributed by atoms with Crippen LogP contribution in [-0.2, 0) is 6.54 Å². The molecule has 0 unspecified atom stereocenters. The fourth-order valence-electron chi connectivity index (χ4n) is 2.19. The summed E-state index contributed by atoms with van der Waals surface area (Å²) in [4.78, 5) is 0. The molecule has 0 bridgehead atoms. The summed E-state index contributed by atoms with van der Waals surface area (Å²) in [6, 6.07) is 13.8. The second-order valence-corrected chi connectivity index (χ2v) is 5.88. The van der Waals surface area contributed by atoms with E-state index in [4.69, 9.17) is 0 Å². The van der Waals surface area contributed by atoms with Crippen molar-refractivity contribution in [3.05, 3.63) is 58.3 Å². The summed E-state index contributed by atoms with van der Waals surface area (Å²) in [5, 5.41) is 3.45. The van der Waals surface area contributed by atoms with E-state index in [9.17, 15) is 4.39 Å². The molecular weight excluding hydrogens is 305 g/mol. The molecule has 1 N–H and O–H groups in total. The first kappa shape index (κ1) is 12.8. The van der Waals surface area contributed by atoms with Gasteiger partial charge in [-0.25, -0.2) is 4.39 Å². The minimum atomic E-state index is -0.175. The molecule has 0 aromatic heterocycles. The maximum Gasteiger partial charge on any atom is 0.123 e. The molecule has 3 rings (SSSR count). The Kier molecular flexibility index (Phi) is 3.67. The highest BCUT2D eigenvalue weighted by atomic mass is 79.9. The van der Waals surface area contributed by atoms with Gasteiger partial charge in [0.15, 0.2) is 0 Å². The van der Waals surface area contributed by atoms with Crippen LogP contribution in [0.4, 0.5) is 4.39 Å². The monoisotopic (exact) mass is 319 g/mol. The second kappa shape index (κ2) is 5.43. The fraction of sp³-hybridized carbons (Fsp3) is 0.250. The van der Waals surface area contributed by atoms with E-state index in [0.717, 1.165) is 27.7 Å². The Bertz CT molecular complexity index is 593. The maximum absolute atomic E-state index is 13.4. The molecular formula is C16H15BrFN. The third-order valence-electron chi connectivity index (χ3n) is 3.36. The molecule has 1 saturated carbocycles. The minimum Gasteiger partial charge on any atom is -0.310 e. The lowest BCUT2D eigenvalue weighted by Crippen LogP contribution is -2.16. The van der Waals surface area contributed by atoms with Gasteiger partial charge in [-0.3, -0.25) is 0 Å². The van der Waals surface area contributed by atoms with Gasteiger partial charge in [-0.2, -0.15) is 0 Å². The lowest BCUT2D eigenvalue weighted by atomic mass is 9.99. The van der Waals surface area contributed by atoms with Crippen molar-refractivity contribution in [2.45, 2.75) is 25.4 Å². The minimum absolute atomic E-state index is 0.175. The van der Waals surface area contributed by atoms with E-state index in [2.05, 4.69) is 33.4 Å². The molecule has 98 valence electrons. The average molecular weight is 320 g/mol. The van der Waals surface area contributed by atoms with Crippen LogP contribution in [0.25, 0.3) is 11.1 Å². The third-order valence-corrected chi connectivity index (χ3v) is 3.85. The van der Waals surface area contributed by atoms with Crippen molar-refractivity contribution in [3.8, 4) is 11.1 Å². The molecule has 0 atom stereocenters. The van der Waals surface area contributed by atoms with E-state index in [1.165, 1.54) is 18.9 Å². The standard InChI is InChI=1S/C16H15BrFN/c17-13-3-1-2-11(8-13)16-7-4-14(18)9-12(16)10-19-15-5-6-15/h1-4,7-9,15,19H,5-6,10H2. The lowest BCUT2D eigenvalue weighted by Gasteiger charge is -2.11. The molecule has 1 nitrogen and oxygen atoms in total.